The molecule has 30 heavy (non-hydrogen) atoms. The lowest BCUT2D eigenvalue weighted by Gasteiger charge is -2.31. The summed E-state index contributed by atoms with van der Waals surface area (Å²) < 4.78 is 5.39. The quantitative estimate of drug-likeness (QED) is 0.630. The van der Waals surface area contributed by atoms with Gasteiger partial charge in [0.05, 0.1) is 5.39 Å². The Morgan fingerprint density at radius 1 is 1.17 bits per heavy atom. The summed E-state index contributed by atoms with van der Waals surface area (Å²) in [5.74, 6) is 1.66. The summed E-state index contributed by atoms with van der Waals surface area (Å²) in [5, 5.41) is 8.02. The van der Waals surface area contributed by atoms with Gasteiger partial charge >= 0.3 is 6.09 Å². The first-order valence-electron chi connectivity index (χ1n) is 11.4. The van der Waals surface area contributed by atoms with Crippen molar-refractivity contribution in [2.24, 2.45) is 0 Å². The molecule has 2 heterocycles. The van der Waals surface area contributed by atoms with Gasteiger partial charge in [0.1, 0.15) is 22.6 Å². The number of nitrogens with zero attached hydrogens (tertiary/aromatic N) is 2. The van der Waals surface area contributed by atoms with Gasteiger partial charge < -0.3 is 15.4 Å². The van der Waals surface area contributed by atoms with E-state index >= 15 is 0 Å². The van der Waals surface area contributed by atoms with Gasteiger partial charge in [0.15, 0.2) is 0 Å². The molecule has 1 atom stereocenters. The van der Waals surface area contributed by atoms with Gasteiger partial charge in [-0.3, -0.25) is 0 Å². The van der Waals surface area contributed by atoms with Crippen LogP contribution in [0.1, 0.15) is 89.0 Å². The second-order valence-corrected chi connectivity index (χ2v) is 10.8. The highest BCUT2D eigenvalue weighted by atomic mass is 32.1. The molecule has 0 radical (unpaired) electrons. The van der Waals surface area contributed by atoms with Crippen molar-refractivity contribution >= 4 is 33.5 Å². The van der Waals surface area contributed by atoms with Gasteiger partial charge in [-0.15, -0.1) is 11.3 Å². The van der Waals surface area contributed by atoms with E-state index in [1.807, 2.05) is 32.1 Å². The zero-order valence-corrected chi connectivity index (χ0v) is 19.4. The number of carbonyl (C=O) groups excluding carboxylic acids is 1. The van der Waals surface area contributed by atoms with Crippen molar-refractivity contribution in [3.8, 4) is 0 Å². The largest absolute Gasteiger partial charge is 0.444 e. The molecule has 7 heteroatoms. The number of thiophene rings is 1. The van der Waals surface area contributed by atoms with Crippen LogP contribution in [0, 0.1) is 0 Å². The Hall–Kier alpha value is -1.89. The Kier molecular flexibility index (Phi) is 6.19. The van der Waals surface area contributed by atoms with Crippen LogP contribution in [-0.4, -0.2) is 33.7 Å². The average Bonchev–Trinajstić information content (AvgIpc) is 3.22. The van der Waals surface area contributed by atoms with Gasteiger partial charge in [0, 0.05) is 17.0 Å². The number of hydrogen-bond acceptors (Lipinski definition) is 6. The van der Waals surface area contributed by atoms with E-state index in [2.05, 4.69) is 27.5 Å². The van der Waals surface area contributed by atoms with Crippen molar-refractivity contribution in [2.75, 3.05) is 5.32 Å². The Balaban J connectivity index is 1.41. The fraction of sp³-hybridized carbons (Fsp3) is 0.696. The average molecular weight is 431 g/mol. The third kappa shape index (κ3) is 4.71. The van der Waals surface area contributed by atoms with Crippen LogP contribution in [0.25, 0.3) is 10.2 Å². The van der Waals surface area contributed by atoms with E-state index in [0.29, 0.717) is 12.0 Å². The van der Waals surface area contributed by atoms with Gasteiger partial charge in [0.2, 0.25) is 0 Å². The number of alkyl carbamates (subject to hydrolysis) is 1. The number of nitrogens with one attached hydrogen (secondary N) is 2. The lowest BCUT2D eigenvalue weighted by Crippen LogP contribution is -2.42. The third-order valence-electron chi connectivity index (χ3n) is 6.16. The minimum Gasteiger partial charge on any atom is -0.444 e. The maximum atomic E-state index is 12.0. The van der Waals surface area contributed by atoms with Crippen molar-refractivity contribution in [3.05, 3.63) is 16.8 Å². The third-order valence-corrected chi connectivity index (χ3v) is 7.33. The van der Waals surface area contributed by atoms with Gasteiger partial charge in [-0.05, 0) is 77.2 Å². The molecule has 1 saturated carbocycles. The maximum absolute atomic E-state index is 12.0. The lowest BCUT2D eigenvalue weighted by molar-refractivity contribution is 0.0492. The van der Waals surface area contributed by atoms with Crippen LogP contribution in [-0.2, 0) is 11.2 Å². The van der Waals surface area contributed by atoms with E-state index < -0.39 is 5.60 Å². The van der Waals surface area contributed by atoms with Crippen LogP contribution < -0.4 is 10.6 Å². The number of aromatic nitrogens is 2. The van der Waals surface area contributed by atoms with Gasteiger partial charge in [-0.2, -0.15) is 0 Å². The summed E-state index contributed by atoms with van der Waals surface area (Å²) in [4.78, 5) is 23.9. The van der Waals surface area contributed by atoms with E-state index in [1.54, 1.807) is 6.33 Å². The zero-order chi connectivity index (χ0) is 21.3. The standard InChI is InChI=1S/C23H34N4O2S/c1-5-6-14-7-12-17-18(14)19-20(24-13-25-21(19)30-17)26-15-8-10-16(11-9-15)27-22(28)29-23(2,3)4/h13-16H,5-12H2,1-4H3,(H,27,28)(H,24,25,26)/t14-,15?,16?/m0/s1. The fourth-order valence-corrected chi connectivity index (χ4v) is 6.10. The molecule has 2 aliphatic carbocycles. The first kappa shape index (κ1) is 21.3. The number of amides is 1. The van der Waals surface area contributed by atoms with Crippen molar-refractivity contribution in [1.82, 2.24) is 15.3 Å². The van der Waals surface area contributed by atoms with E-state index in [1.165, 1.54) is 41.5 Å². The van der Waals surface area contributed by atoms with Crippen molar-refractivity contribution in [1.29, 1.82) is 0 Å². The number of carbonyl (C=O) groups is 1. The molecule has 0 aliphatic heterocycles. The highest BCUT2D eigenvalue weighted by Gasteiger charge is 2.30. The number of hydrogen-bond donors (Lipinski definition) is 2. The van der Waals surface area contributed by atoms with Crippen LogP contribution in [0.2, 0.25) is 0 Å². The Bertz CT molecular complexity index is 896. The number of ether oxygens (including phenoxy) is 1. The molecule has 6 nitrogen and oxygen atoms in total. The molecule has 1 fully saturated rings. The molecule has 1 amide bonds. The van der Waals surface area contributed by atoms with E-state index in [0.717, 1.165) is 36.3 Å². The van der Waals surface area contributed by atoms with Crippen LogP contribution in [0.15, 0.2) is 6.33 Å². The molecule has 2 aromatic rings. The molecule has 164 valence electrons. The van der Waals surface area contributed by atoms with E-state index in [-0.39, 0.29) is 12.1 Å². The van der Waals surface area contributed by atoms with Gasteiger partial charge in [0.25, 0.3) is 0 Å². The summed E-state index contributed by atoms with van der Waals surface area (Å²) >= 11 is 1.85. The van der Waals surface area contributed by atoms with Crippen LogP contribution in [0.5, 0.6) is 0 Å². The number of anilines is 1. The number of aryl methyl sites for hydroxylation is 1. The Labute approximate surface area is 183 Å². The molecule has 4 rings (SSSR count). The topological polar surface area (TPSA) is 76.1 Å². The smallest absolute Gasteiger partial charge is 0.407 e. The molecule has 0 aromatic carbocycles. The van der Waals surface area contributed by atoms with Crippen LogP contribution >= 0.6 is 11.3 Å². The number of rotatable bonds is 5. The fourth-order valence-electron chi connectivity index (χ4n) is 4.86. The normalized spacial score (nSPS) is 23.9. The highest BCUT2D eigenvalue weighted by molar-refractivity contribution is 7.19. The van der Waals surface area contributed by atoms with Crippen molar-refractivity contribution in [2.45, 2.75) is 103 Å². The monoisotopic (exact) mass is 430 g/mol. The van der Waals surface area contributed by atoms with Crippen molar-refractivity contribution < 1.29 is 9.53 Å². The molecule has 0 bridgehead atoms. The maximum Gasteiger partial charge on any atom is 0.407 e. The zero-order valence-electron chi connectivity index (χ0n) is 18.6. The second kappa shape index (κ2) is 8.69. The molecular formula is C23H34N4O2S. The lowest BCUT2D eigenvalue weighted by atomic mass is 9.91. The summed E-state index contributed by atoms with van der Waals surface area (Å²) in [7, 11) is 0. The molecule has 0 spiro atoms. The predicted octanol–water partition coefficient (Wildman–Crippen LogP) is 5.77. The minimum atomic E-state index is -0.461. The Morgan fingerprint density at radius 3 is 2.60 bits per heavy atom. The molecule has 2 aliphatic rings. The molecule has 0 saturated heterocycles. The first-order chi connectivity index (χ1) is 14.3. The van der Waals surface area contributed by atoms with Gasteiger partial charge in [-0.1, -0.05) is 13.3 Å². The molecule has 2 N–H and O–H groups in total. The number of fused-ring (bicyclic) bond motifs is 3. The van der Waals surface area contributed by atoms with Gasteiger partial charge in [-0.25, -0.2) is 14.8 Å². The second-order valence-electron chi connectivity index (χ2n) is 9.70. The summed E-state index contributed by atoms with van der Waals surface area (Å²) in [5.41, 5.74) is 1.05. The van der Waals surface area contributed by atoms with Crippen molar-refractivity contribution in [3.63, 3.8) is 0 Å². The van der Waals surface area contributed by atoms with E-state index in [4.69, 9.17) is 4.74 Å². The van der Waals surface area contributed by atoms with Crippen LogP contribution in [0.4, 0.5) is 10.6 Å². The van der Waals surface area contributed by atoms with Crippen LogP contribution in [0.3, 0.4) is 0 Å². The summed E-state index contributed by atoms with van der Waals surface area (Å²) in [6, 6.07) is 0.559. The summed E-state index contributed by atoms with van der Waals surface area (Å²) in [6.45, 7) is 7.94. The SMILES string of the molecule is CCC[C@H]1CCc2sc3ncnc(NC4CCC(NC(=O)OC(C)(C)C)CC4)c3c21. The first-order valence-corrected chi connectivity index (χ1v) is 12.2. The predicted molar refractivity (Wildman–Crippen MR) is 122 cm³/mol. The molecular weight excluding hydrogens is 396 g/mol. The Morgan fingerprint density at radius 2 is 1.90 bits per heavy atom. The highest BCUT2D eigenvalue weighted by Crippen LogP contribution is 2.47. The molecule has 2 aromatic heterocycles. The molecule has 0 unspecified atom stereocenters. The van der Waals surface area contributed by atoms with E-state index in [9.17, 15) is 4.79 Å². The summed E-state index contributed by atoms with van der Waals surface area (Å²) in [6.07, 6.45) is 10.2. The minimum absolute atomic E-state index is 0.183.